The first-order chi connectivity index (χ1) is 7.97. The maximum absolute atomic E-state index is 12.5. The van der Waals surface area contributed by atoms with Gasteiger partial charge in [-0.1, -0.05) is 18.2 Å². The van der Waals surface area contributed by atoms with Crippen molar-refractivity contribution in [2.75, 3.05) is 6.61 Å². The first-order valence-electron chi connectivity index (χ1n) is 5.29. The second-order valence-corrected chi connectivity index (χ2v) is 4.03. The van der Waals surface area contributed by atoms with Gasteiger partial charge < -0.3 is 4.74 Å². The van der Waals surface area contributed by atoms with Crippen LogP contribution in [0.15, 0.2) is 24.3 Å². The minimum atomic E-state index is -4.34. The van der Waals surface area contributed by atoms with Gasteiger partial charge in [0.2, 0.25) is 0 Å². The molecule has 2 nitrogen and oxygen atoms in total. The van der Waals surface area contributed by atoms with Gasteiger partial charge in [-0.15, -0.1) is 0 Å². The number of ether oxygens (including phenoxy) is 1. The summed E-state index contributed by atoms with van der Waals surface area (Å²) in [6.07, 6.45) is -3.61. The molecule has 0 aliphatic carbocycles. The molecule has 0 saturated carbocycles. The van der Waals surface area contributed by atoms with Crippen molar-refractivity contribution in [1.29, 1.82) is 0 Å². The van der Waals surface area contributed by atoms with Crippen LogP contribution in [0.4, 0.5) is 13.2 Å². The highest BCUT2D eigenvalue weighted by Gasteiger charge is 2.31. The Labute approximate surface area is 96.4 Å². The summed E-state index contributed by atoms with van der Waals surface area (Å²) in [6, 6.07) is 5.14. The van der Waals surface area contributed by atoms with Crippen LogP contribution in [0, 0.1) is 0 Å². The van der Waals surface area contributed by atoms with E-state index in [0.29, 0.717) is 12.0 Å². The zero-order chi connectivity index (χ0) is 12.5. The lowest BCUT2D eigenvalue weighted by atomic mass is 9.90. The van der Waals surface area contributed by atoms with E-state index in [1.165, 1.54) is 6.07 Å². The molecule has 2 rings (SSSR count). The Bertz CT molecular complexity index is 426. The van der Waals surface area contributed by atoms with Gasteiger partial charge >= 0.3 is 12.1 Å². The Morgan fingerprint density at radius 2 is 2.06 bits per heavy atom. The Balaban J connectivity index is 2.24. The maximum Gasteiger partial charge on any atom is 0.416 e. The van der Waals surface area contributed by atoms with Gasteiger partial charge in [0.05, 0.1) is 18.6 Å². The molecule has 1 aliphatic rings. The quantitative estimate of drug-likeness (QED) is 0.709. The van der Waals surface area contributed by atoms with Crippen molar-refractivity contribution < 1.29 is 22.7 Å². The van der Waals surface area contributed by atoms with E-state index in [1.807, 2.05) is 0 Å². The third kappa shape index (κ3) is 2.78. The molecule has 1 saturated heterocycles. The van der Waals surface area contributed by atoms with Gasteiger partial charge in [0.15, 0.2) is 0 Å². The summed E-state index contributed by atoms with van der Waals surface area (Å²) in [6.45, 7) is 0.278. The molecule has 0 unspecified atom stereocenters. The molecule has 1 atom stereocenters. The zero-order valence-corrected chi connectivity index (χ0v) is 8.96. The molecule has 5 heteroatoms. The number of carbonyl (C=O) groups is 1. The normalized spacial score (nSPS) is 21.1. The molecule has 1 aliphatic heterocycles. The van der Waals surface area contributed by atoms with Crippen molar-refractivity contribution in [3.8, 4) is 0 Å². The summed E-state index contributed by atoms with van der Waals surface area (Å²) in [5.41, 5.74) is -0.120. The van der Waals surface area contributed by atoms with Gasteiger partial charge in [0.25, 0.3) is 0 Å². The van der Waals surface area contributed by atoms with Crippen molar-refractivity contribution in [1.82, 2.24) is 0 Å². The number of carbonyl (C=O) groups excluding carboxylic acids is 1. The fourth-order valence-electron chi connectivity index (χ4n) is 1.93. The molecule has 0 N–H and O–H groups in total. The monoisotopic (exact) mass is 244 g/mol. The Morgan fingerprint density at radius 1 is 1.29 bits per heavy atom. The summed E-state index contributed by atoms with van der Waals surface area (Å²) in [5.74, 6) is -0.516. The lowest BCUT2D eigenvalue weighted by Gasteiger charge is -2.22. The molecule has 0 aromatic heterocycles. The standard InChI is InChI=1S/C12H11F3O2/c13-12(14,15)10-3-1-2-8(6-10)9-4-5-17-11(16)7-9/h1-3,6,9H,4-5,7H2/t9-/m0/s1. The minimum Gasteiger partial charge on any atom is -0.466 e. The fourth-order valence-corrected chi connectivity index (χ4v) is 1.93. The number of cyclic esters (lactones) is 1. The molecule has 0 bridgehead atoms. The molecule has 0 radical (unpaired) electrons. The van der Waals surface area contributed by atoms with Crippen molar-refractivity contribution in [2.45, 2.75) is 24.9 Å². The first kappa shape index (κ1) is 12.0. The van der Waals surface area contributed by atoms with Crippen LogP contribution in [0.3, 0.4) is 0 Å². The lowest BCUT2D eigenvalue weighted by Crippen LogP contribution is -2.19. The first-order valence-corrected chi connectivity index (χ1v) is 5.29. The van der Waals surface area contributed by atoms with E-state index < -0.39 is 11.7 Å². The number of alkyl halides is 3. The summed E-state index contributed by atoms with van der Waals surface area (Å²) in [5, 5.41) is 0. The highest BCUT2D eigenvalue weighted by Crippen LogP contribution is 2.33. The number of halogens is 3. The van der Waals surface area contributed by atoms with Crippen LogP contribution in [0.1, 0.15) is 29.9 Å². The number of hydrogen-bond donors (Lipinski definition) is 0. The molecule has 92 valence electrons. The summed E-state index contributed by atoms with van der Waals surface area (Å²) >= 11 is 0. The third-order valence-corrected chi connectivity index (χ3v) is 2.83. The van der Waals surface area contributed by atoms with E-state index in [4.69, 9.17) is 4.74 Å². The smallest absolute Gasteiger partial charge is 0.416 e. The molecule has 1 fully saturated rings. The van der Waals surface area contributed by atoms with Gasteiger partial charge in [-0.25, -0.2) is 0 Å². The number of esters is 1. The molecule has 0 spiro atoms. The Hall–Kier alpha value is -1.52. The van der Waals surface area contributed by atoms with Crippen LogP contribution in [0.5, 0.6) is 0 Å². The largest absolute Gasteiger partial charge is 0.466 e. The predicted octanol–water partition coefficient (Wildman–Crippen LogP) is 3.13. The van der Waals surface area contributed by atoms with E-state index in [1.54, 1.807) is 6.07 Å². The number of rotatable bonds is 1. The van der Waals surface area contributed by atoms with Crippen molar-refractivity contribution in [3.05, 3.63) is 35.4 Å². The molecular formula is C12H11F3O2. The van der Waals surface area contributed by atoms with E-state index in [9.17, 15) is 18.0 Å². The summed E-state index contributed by atoms with van der Waals surface area (Å²) < 4.78 is 42.3. The molecule has 0 amide bonds. The molecule has 1 aromatic rings. The van der Waals surface area contributed by atoms with E-state index >= 15 is 0 Å². The fraction of sp³-hybridized carbons (Fsp3) is 0.417. The highest BCUT2D eigenvalue weighted by molar-refractivity contribution is 5.71. The van der Waals surface area contributed by atoms with Gasteiger partial charge in [-0.2, -0.15) is 13.2 Å². The Kier molecular flexibility index (Phi) is 3.09. The van der Waals surface area contributed by atoms with Crippen LogP contribution in [0.25, 0.3) is 0 Å². The molecule has 1 aromatic carbocycles. The van der Waals surface area contributed by atoms with Gasteiger partial charge in [-0.05, 0) is 24.0 Å². The van der Waals surface area contributed by atoms with E-state index in [0.717, 1.165) is 12.1 Å². The Morgan fingerprint density at radius 3 is 2.71 bits per heavy atom. The van der Waals surface area contributed by atoms with Crippen LogP contribution >= 0.6 is 0 Å². The van der Waals surface area contributed by atoms with Gasteiger partial charge in [0.1, 0.15) is 0 Å². The van der Waals surface area contributed by atoms with E-state index in [2.05, 4.69) is 0 Å². The van der Waals surface area contributed by atoms with Crippen LogP contribution in [-0.2, 0) is 15.7 Å². The highest BCUT2D eigenvalue weighted by atomic mass is 19.4. The average Bonchev–Trinajstić information content (AvgIpc) is 2.28. The molecule has 1 heterocycles. The lowest BCUT2D eigenvalue weighted by molar-refractivity contribution is -0.147. The van der Waals surface area contributed by atoms with Crippen LogP contribution < -0.4 is 0 Å². The molecule has 17 heavy (non-hydrogen) atoms. The van der Waals surface area contributed by atoms with Crippen LogP contribution in [0.2, 0.25) is 0 Å². The molecular weight excluding hydrogens is 233 g/mol. The van der Waals surface area contributed by atoms with Crippen molar-refractivity contribution in [2.24, 2.45) is 0 Å². The van der Waals surface area contributed by atoms with Crippen LogP contribution in [-0.4, -0.2) is 12.6 Å². The topological polar surface area (TPSA) is 26.3 Å². The van der Waals surface area contributed by atoms with E-state index in [-0.39, 0.29) is 24.9 Å². The minimum absolute atomic E-state index is 0.154. The second-order valence-electron chi connectivity index (χ2n) is 4.03. The SMILES string of the molecule is O=C1C[C@@H](c2cccc(C(F)(F)F)c2)CCO1. The maximum atomic E-state index is 12.5. The number of hydrogen-bond acceptors (Lipinski definition) is 2. The van der Waals surface area contributed by atoms with Crippen molar-refractivity contribution >= 4 is 5.97 Å². The zero-order valence-electron chi connectivity index (χ0n) is 8.96. The summed E-state index contributed by atoms with van der Waals surface area (Å²) in [4.78, 5) is 11.1. The average molecular weight is 244 g/mol. The van der Waals surface area contributed by atoms with Gasteiger partial charge in [0, 0.05) is 0 Å². The predicted molar refractivity (Wildman–Crippen MR) is 54.4 cm³/mol. The third-order valence-electron chi connectivity index (χ3n) is 2.83. The second kappa shape index (κ2) is 4.39. The van der Waals surface area contributed by atoms with Crippen molar-refractivity contribution in [3.63, 3.8) is 0 Å². The van der Waals surface area contributed by atoms with Gasteiger partial charge in [-0.3, -0.25) is 4.79 Å². The number of benzene rings is 1. The summed E-state index contributed by atoms with van der Waals surface area (Å²) in [7, 11) is 0.